The minimum atomic E-state index is -0.0674. The van der Waals surface area contributed by atoms with Crippen molar-refractivity contribution in [3.63, 3.8) is 0 Å². The minimum absolute atomic E-state index is 0.0301. The van der Waals surface area contributed by atoms with Gasteiger partial charge in [-0.3, -0.25) is 9.59 Å². The summed E-state index contributed by atoms with van der Waals surface area (Å²) in [5.41, 5.74) is 7.13. The highest BCUT2D eigenvalue weighted by atomic mass is 32.2. The fourth-order valence-electron chi connectivity index (χ4n) is 4.17. The summed E-state index contributed by atoms with van der Waals surface area (Å²) in [6.45, 7) is 9.26. The van der Waals surface area contributed by atoms with E-state index >= 15 is 0 Å². The van der Waals surface area contributed by atoms with Crippen LogP contribution in [0.3, 0.4) is 0 Å². The number of anilines is 1. The lowest BCUT2D eigenvalue weighted by atomic mass is 10.1. The molecule has 2 amide bonds. The minimum Gasteiger partial charge on any atom is -0.350 e. The molecule has 0 unspecified atom stereocenters. The lowest BCUT2D eigenvalue weighted by Crippen LogP contribution is -2.27. The molecule has 6 heteroatoms. The van der Waals surface area contributed by atoms with E-state index in [-0.39, 0.29) is 11.8 Å². The van der Waals surface area contributed by atoms with Gasteiger partial charge in [0.1, 0.15) is 0 Å². The Bertz CT molecular complexity index is 1370. The largest absolute Gasteiger partial charge is 0.350 e. The average Bonchev–Trinajstić information content (AvgIpc) is 3.16. The molecule has 0 aliphatic carbocycles. The molecule has 4 rings (SSSR count). The molecule has 0 bridgehead atoms. The number of benzene rings is 3. The number of thioether (sulfide) groups is 1. The van der Waals surface area contributed by atoms with Gasteiger partial charge in [0.25, 0.3) is 5.91 Å². The van der Waals surface area contributed by atoms with E-state index in [4.69, 9.17) is 0 Å². The Morgan fingerprint density at radius 3 is 2.37 bits per heavy atom. The van der Waals surface area contributed by atoms with Crippen LogP contribution in [0, 0.1) is 27.7 Å². The summed E-state index contributed by atoms with van der Waals surface area (Å²) in [4.78, 5) is 26.2. The zero-order valence-corrected chi connectivity index (χ0v) is 21.5. The van der Waals surface area contributed by atoms with Crippen LogP contribution in [0.1, 0.15) is 32.6 Å². The van der Waals surface area contributed by atoms with Gasteiger partial charge in [0.2, 0.25) is 5.91 Å². The Kier molecular flexibility index (Phi) is 7.61. The number of carbonyl (C=O) groups is 2. The first-order valence-electron chi connectivity index (χ1n) is 11.7. The molecule has 1 heterocycles. The van der Waals surface area contributed by atoms with E-state index in [0.717, 1.165) is 38.2 Å². The van der Waals surface area contributed by atoms with Crippen molar-refractivity contribution in [3.05, 3.63) is 94.7 Å². The number of para-hydroxylation sites is 1. The van der Waals surface area contributed by atoms with E-state index in [1.165, 1.54) is 17.3 Å². The number of aryl methyl sites for hydroxylation is 4. The van der Waals surface area contributed by atoms with Gasteiger partial charge < -0.3 is 15.2 Å². The van der Waals surface area contributed by atoms with Gasteiger partial charge in [-0.25, -0.2) is 0 Å². The first-order chi connectivity index (χ1) is 16.8. The van der Waals surface area contributed by atoms with Gasteiger partial charge in [0, 0.05) is 46.3 Å². The molecule has 0 radical (unpaired) electrons. The molecule has 2 N–H and O–H groups in total. The van der Waals surface area contributed by atoms with Crippen molar-refractivity contribution < 1.29 is 9.59 Å². The normalized spacial score (nSPS) is 11.0. The molecule has 5 nitrogen and oxygen atoms in total. The molecular weight excluding hydrogens is 454 g/mol. The maximum absolute atomic E-state index is 12.6. The zero-order chi connectivity index (χ0) is 24.9. The van der Waals surface area contributed by atoms with Crippen molar-refractivity contribution in [3.8, 4) is 0 Å². The predicted octanol–water partition coefficient (Wildman–Crippen LogP) is 6.04. The number of amides is 2. The van der Waals surface area contributed by atoms with E-state index in [1.807, 2.05) is 70.2 Å². The van der Waals surface area contributed by atoms with E-state index in [0.29, 0.717) is 24.4 Å². The van der Waals surface area contributed by atoms with Crippen LogP contribution >= 0.6 is 11.8 Å². The van der Waals surface area contributed by atoms with Crippen LogP contribution in [0.2, 0.25) is 0 Å². The number of carbonyl (C=O) groups excluding carboxylic acids is 2. The van der Waals surface area contributed by atoms with Gasteiger partial charge in [0.05, 0.1) is 5.75 Å². The quantitative estimate of drug-likeness (QED) is 0.299. The van der Waals surface area contributed by atoms with E-state index < -0.39 is 0 Å². The van der Waals surface area contributed by atoms with Gasteiger partial charge in [-0.05, 0) is 80.3 Å². The number of nitrogens with zero attached hydrogens (tertiary/aromatic N) is 1. The van der Waals surface area contributed by atoms with Crippen molar-refractivity contribution in [2.24, 2.45) is 0 Å². The lowest BCUT2D eigenvalue weighted by molar-refractivity contribution is -0.113. The molecule has 0 aliphatic heterocycles. The Balaban J connectivity index is 1.39. The summed E-state index contributed by atoms with van der Waals surface area (Å²) >= 11 is 1.53. The first-order valence-corrected chi connectivity index (χ1v) is 12.7. The maximum atomic E-state index is 12.6. The standard InChI is InChI=1S/C29H31N3O2S/c1-19-13-20(2)15-24(14-19)31-28(33)18-35-27-17-32(26-8-6-5-7-25(26)27)12-11-30-29(34)23-10-9-21(3)22(4)16-23/h5-10,13-17H,11-12,18H2,1-4H3,(H,30,34)(H,31,33). The topological polar surface area (TPSA) is 63.1 Å². The van der Waals surface area contributed by atoms with E-state index in [2.05, 4.69) is 39.6 Å². The van der Waals surface area contributed by atoms with E-state index in [9.17, 15) is 9.59 Å². The lowest BCUT2D eigenvalue weighted by Gasteiger charge is -2.09. The zero-order valence-electron chi connectivity index (χ0n) is 20.6. The Labute approximate surface area is 210 Å². The van der Waals surface area contributed by atoms with E-state index in [1.54, 1.807) is 0 Å². The number of hydrogen-bond acceptors (Lipinski definition) is 3. The van der Waals surface area contributed by atoms with Crippen molar-refractivity contribution in [1.29, 1.82) is 0 Å². The van der Waals surface area contributed by atoms with Crippen molar-refractivity contribution in [2.75, 3.05) is 17.6 Å². The second-order valence-electron chi connectivity index (χ2n) is 8.97. The molecule has 180 valence electrons. The van der Waals surface area contributed by atoms with Crippen LogP contribution in [-0.4, -0.2) is 28.7 Å². The molecule has 0 aliphatic rings. The Morgan fingerprint density at radius 1 is 0.886 bits per heavy atom. The average molecular weight is 486 g/mol. The second-order valence-corrected chi connectivity index (χ2v) is 9.99. The molecule has 3 aromatic carbocycles. The maximum Gasteiger partial charge on any atom is 0.251 e. The van der Waals surface area contributed by atoms with Crippen LogP contribution < -0.4 is 10.6 Å². The SMILES string of the molecule is Cc1cc(C)cc(NC(=O)CSc2cn(CCNC(=O)c3ccc(C)c(C)c3)c3ccccc23)c1. The third-order valence-electron chi connectivity index (χ3n) is 6.02. The second kappa shape index (κ2) is 10.8. The molecule has 1 aromatic heterocycles. The molecule has 35 heavy (non-hydrogen) atoms. The smallest absolute Gasteiger partial charge is 0.251 e. The summed E-state index contributed by atoms with van der Waals surface area (Å²) in [5, 5.41) is 7.14. The Morgan fingerprint density at radius 2 is 1.63 bits per heavy atom. The number of aromatic nitrogens is 1. The first kappa shape index (κ1) is 24.6. The number of rotatable bonds is 8. The monoisotopic (exact) mass is 485 g/mol. The fraction of sp³-hybridized carbons (Fsp3) is 0.241. The van der Waals surface area contributed by atoms with Gasteiger partial charge in [-0.2, -0.15) is 0 Å². The number of hydrogen-bond donors (Lipinski definition) is 2. The van der Waals surface area contributed by atoms with Gasteiger partial charge in [-0.1, -0.05) is 30.3 Å². The van der Waals surface area contributed by atoms with Gasteiger partial charge >= 0.3 is 0 Å². The summed E-state index contributed by atoms with van der Waals surface area (Å²) < 4.78 is 2.14. The van der Waals surface area contributed by atoms with Gasteiger partial charge in [0.15, 0.2) is 0 Å². The van der Waals surface area contributed by atoms with Crippen molar-refractivity contribution in [1.82, 2.24) is 9.88 Å². The molecule has 0 atom stereocenters. The van der Waals surface area contributed by atoms with Crippen LogP contribution in [0.5, 0.6) is 0 Å². The van der Waals surface area contributed by atoms with Crippen molar-refractivity contribution in [2.45, 2.75) is 39.1 Å². The summed E-state index contributed by atoms with van der Waals surface area (Å²) in [6, 6.07) is 20.0. The molecule has 0 fully saturated rings. The molecule has 0 saturated heterocycles. The van der Waals surface area contributed by atoms with Gasteiger partial charge in [-0.15, -0.1) is 11.8 Å². The number of nitrogens with one attached hydrogen (secondary N) is 2. The Hall–Kier alpha value is -3.51. The summed E-state index contributed by atoms with van der Waals surface area (Å²) in [7, 11) is 0. The fourth-order valence-corrected chi connectivity index (χ4v) is 5.06. The highest BCUT2D eigenvalue weighted by molar-refractivity contribution is 8.00. The molecular formula is C29H31N3O2S. The predicted molar refractivity (Wildman–Crippen MR) is 145 cm³/mol. The van der Waals surface area contributed by atoms with Crippen LogP contribution in [0.25, 0.3) is 10.9 Å². The summed E-state index contributed by atoms with van der Waals surface area (Å²) in [5.74, 6) is 0.226. The molecule has 4 aromatic rings. The number of fused-ring (bicyclic) bond motifs is 1. The highest BCUT2D eigenvalue weighted by Crippen LogP contribution is 2.30. The molecule has 0 spiro atoms. The molecule has 0 saturated carbocycles. The van der Waals surface area contributed by atoms with Crippen LogP contribution in [-0.2, 0) is 11.3 Å². The van der Waals surface area contributed by atoms with Crippen LogP contribution in [0.4, 0.5) is 5.69 Å². The third-order valence-corrected chi connectivity index (χ3v) is 7.07. The summed E-state index contributed by atoms with van der Waals surface area (Å²) in [6.07, 6.45) is 2.07. The van der Waals surface area contributed by atoms with Crippen LogP contribution in [0.15, 0.2) is 71.8 Å². The van der Waals surface area contributed by atoms with Crippen molar-refractivity contribution >= 4 is 40.2 Å². The highest BCUT2D eigenvalue weighted by Gasteiger charge is 2.12. The third kappa shape index (κ3) is 6.14.